The van der Waals surface area contributed by atoms with Crippen molar-refractivity contribution in [2.24, 2.45) is 0 Å². The fraction of sp³-hybridized carbons (Fsp3) is 0.500. The lowest BCUT2D eigenvalue weighted by atomic mass is 9.92. The van der Waals surface area contributed by atoms with Gasteiger partial charge in [0.2, 0.25) is 5.91 Å². The third kappa shape index (κ3) is 3.97. The number of anilines is 1. The highest BCUT2D eigenvalue weighted by Gasteiger charge is 2.58. The van der Waals surface area contributed by atoms with Crippen molar-refractivity contribution in [1.82, 2.24) is 14.8 Å². The van der Waals surface area contributed by atoms with Crippen LogP contribution in [0.2, 0.25) is 0 Å². The van der Waals surface area contributed by atoms with Crippen molar-refractivity contribution in [3.05, 3.63) is 59.2 Å². The van der Waals surface area contributed by atoms with Crippen LogP contribution in [-0.2, 0) is 25.3 Å². The van der Waals surface area contributed by atoms with Crippen molar-refractivity contribution in [3.63, 3.8) is 0 Å². The first-order valence-electron chi connectivity index (χ1n) is 13.2. The number of ether oxygens (including phenoxy) is 2. The molecule has 4 heterocycles. The van der Waals surface area contributed by atoms with Gasteiger partial charge >= 0.3 is 12.1 Å². The van der Waals surface area contributed by atoms with Crippen molar-refractivity contribution >= 4 is 23.7 Å². The van der Waals surface area contributed by atoms with E-state index in [9.17, 15) is 14.4 Å². The molecule has 200 valence electrons. The van der Waals surface area contributed by atoms with Crippen LogP contribution in [0.1, 0.15) is 54.6 Å². The Bertz CT molecular complexity index is 1300. The number of likely N-dealkylation sites (tertiary alicyclic amines) is 1. The van der Waals surface area contributed by atoms with Gasteiger partial charge in [0.1, 0.15) is 5.82 Å². The number of benzene rings is 1. The van der Waals surface area contributed by atoms with Gasteiger partial charge in [-0.25, -0.2) is 14.0 Å². The van der Waals surface area contributed by atoms with E-state index in [2.05, 4.69) is 4.98 Å². The molecule has 0 unspecified atom stereocenters. The molecule has 2 amide bonds. The van der Waals surface area contributed by atoms with Gasteiger partial charge < -0.3 is 24.2 Å². The SMILES string of the molecule is CC(C)OC(=O)N1CCN(c2ccc(C3(C(=O)N4CC[C@@]5(C4)OC(=O)c4cnccc45)CC3)c(F)c2)CC1. The molecule has 38 heavy (non-hydrogen) atoms. The molecule has 1 aromatic carbocycles. The lowest BCUT2D eigenvalue weighted by Gasteiger charge is -2.36. The molecule has 1 aliphatic carbocycles. The monoisotopic (exact) mass is 522 g/mol. The van der Waals surface area contributed by atoms with Crippen LogP contribution in [0.25, 0.3) is 0 Å². The Labute approximate surface area is 220 Å². The number of rotatable bonds is 4. The second kappa shape index (κ2) is 8.96. The van der Waals surface area contributed by atoms with Crippen molar-refractivity contribution in [2.45, 2.75) is 50.2 Å². The van der Waals surface area contributed by atoms with E-state index >= 15 is 4.39 Å². The summed E-state index contributed by atoms with van der Waals surface area (Å²) in [4.78, 5) is 47.7. The van der Waals surface area contributed by atoms with Gasteiger partial charge in [-0.2, -0.15) is 0 Å². The standard InChI is InChI=1S/C28H31FN4O5/c1-18(2)37-26(36)32-13-11-31(12-14-32)19-3-4-22(23(29)15-19)27(6-7-27)25(35)33-10-8-28(17-33)21-5-9-30-16-20(21)24(34)38-28/h3-5,9,15-16,18H,6-8,10-14,17H2,1-2H3/t28-/m0/s1. The summed E-state index contributed by atoms with van der Waals surface area (Å²) in [6, 6.07) is 6.88. The maximum Gasteiger partial charge on any atom is 0.410 e. The van der Waals surface area contributed by atoms with E-state index in [0.29, 0.717) is 63.1 Å². The number of halogens is 1. The number of piperazine rings is 1. The van der Waals surface area contributed by atoms with E-state index in [1.807, 2.05) is 24.8 Å². The zero-order valence-electron chi connectivity index (χ0n) is 21.6. The topological polar surface area (TPSA) is 92.3 Å². The van der Waals surface area contributed by atoms with E-state index in [4.69, 9.17) is 9.47 Å². The predicted octanol–water partition coefficient (Wildman–Crippen LogP) is 3.22. The Morgan fingerprint density at radius 3 is 2.47 bits per heavy atom. The van der Waals surface area contributed by atoms with Gasteiger partial charge in [0.25, 0.3) is 0 Å². The summed E-state index contributed by atoms with van der Waals surface area (Å²) in [7, 11) is 0. The van der Waals surface area contributed by atoms with Gasteiger partial charge in [-0.3, -0.25) is 9.78 Å². The lowest BCUT2D eigenvalue weighted by molar-refractivity contribution is -0.134. The minimum absolute atomic E-state index is 0.114. The molecule has 0 N–H and O–H groups in total. The van der Waals surface area contributed by atoms with Crippen LogP contribution < -0.4 is 4.90 Å². The molecule has 9 nitrogen and oxygen atoms in total. The number of carbonyl (C=O) groups excluding carboxylic acids is 3. The number of fused-ring (bicyclic) bond motifs is 2. The van der Waals surface area contributed by atoms with Crippen molar-refractivity contribution in [2.75, 3.05) is 44.2 Å². The van der Waals surface area contributed by atoms with Gasteiger partial charge in [-0.15, -0.1) is 0 Å². The fourth-order valence-electron chi connectivity index (χ4n) is 6.04. The quantitative estimate of drug-likeness (QED) is 0.570. The number of hydrogen-bond donors (Lipinski definition) is 0. The Hall–Kier alpha value is -3.69. The smallest absolute Gasteiger partial charge is 0.410 e. The van der Waals surface area contributed by atoms with E-state index in [1.54, 1.807) is 28.1 Å². The summed E-state index contributed by atoms with van der Waals surface area (Å²) in [6.07, 6.45) is 4.32. The van der Waals surface area contributed by atoms with Crippen LogP contribution in [0, 0.1) is 5.82 Å². The van der Waals surface area contributed by atoms with E-state index < -0.39 is 22.8 Å². The van der Waals surface area contributed by atoms with Gasteiger partial charge in [0, 0.05) is 68.4 Å². The molecule has 0 radical (unpaired) electrons. The molecule has 1 saturated carbocycles. The van der Waals surface area contributed by atoms with Gasteiger partial charge in [0.05, 0.1) is 23.6 Å². The minimum atomic E-state index is -0.878. The summed E-state index contributed by atoms with van der Waals surface area (Å²) in [5.41, 5.74) is 0.631. The number of pyridine rings is 1. The Morgan fingerprint density at radius 1 is 1.03 bits per heavy atom. The third-order valence-corrected chi connectivity index (χ3v) is 8.21. The maximum absolute atomic E-state index is 15.5. The Kier molecular flexibility index (Phi) is 5.81. The number of aromatic nitrogens is 1. The second-order valence-corrected chi connectivity index (χ2v) is 10.9. The predicted molar refractivity (Wildman–Crippen MR) is 135 cm³/mol. The summed E-state index contributed by atoms with van der Waals surface area (Å²) < 4.78 is 26.6. The molecule has 1 atom stereocenters. The zero-order chi connectivity index (χ0) is 26.7. The molecule has 6 rings (SSSR count). The summed E-state index contributed by atoms with van der Waals surface area (Å²) in [6.45, 7) is 6.48. The first-order valence-corrected chi connectivity index (χ1v) is 13.2. The summed E-state index contributed by atoms with van der Waals surface area (Å²) in [5.74, 6) is -0.924. The highest BCUT2D eigenvalue weighted by Crippen LogP contribution is 2.53. The normalized spacial score (nSPS) is 23.6. The molecule has 0 bridgehead atoms. The summed E-state index contributed by atoms with van der Waals surface area (Å²) >= 11 is 0. The molecule has 1 spiro atoms. The number of nitrogens with zero attached hydrogens (tertiary/aromatic N) is 4. The minimum Gasteiger partial charge on any atom is -0.449 e. The summed E-state index contributed by atoms with van der Waals surface area (Å²) in [5, 5.41) is 0. The highest BCUT2D eigenvalue weighted by atomic mass is 19.1. The average molecular weight is 523 g/mol. The van der Waals surface area contributed by atoms with Crippen LogP contribution in [0.3, 0.4) is 0 Å². The second-order valence-electron chi connectivity index (χ2n) is 10.9. The van der Waals surface area contributed by atoms with E-state index in [0.717, 1.165) is 11.3 Å². The number of esters is 1. The molecule has 10 heteroatoms. The van der Waals surface area contributed by atoms with Crippen molar-refractivity contribution in [3.8, 4) is 0 Å². The maximum atomic E-state index is 15.5. The molecule has 2 saturated heterocycles. The van der Waals surface area contributed by atoms with Crippen LogP contribution in [0.5, 0.6) is 0 Å². The molecule has 3 aliphatic heterocycles. The third-order valence-electron chi connectivity index (χ3n) is 8.21. The van der Waals surface area contributed by atoms with Crippen LogP contribution in [0.15, 0.2) is 36.7 Å². The van der Waals surface area contributed by atoms with Gasteiger partial charge in [-0.05, 0) is 44.9 Å². The van der Waals surface area contributed by atoms with E-state index in [-0.39, 0.29) is 24.6 Å². The molecular weight excluding hydrogens is 491 g/mol. The van der Waals surface area contributed by atoms with Crippen LogP contribution in [-0.4, -0.2) is 78.1 Å². The molecule has 1 aromatic heterocycles. The first-order chi connectivity index (χ1) is 18.2. The van der Waals surface area contributed by atoms with Crippen molar-refractivity contribution in [1.29, 1.82) is 0 Å². The van der Waals surface area contributed by atoms with Gasteiger partial charge in [-0.1, -0.05) is 6.07 Å². The molecule has 4 aliphatic rings. The van der Waals surface area contributed by atoms with Crippen LogP contribution >= 0.6 is 0 Å². The molecule has 2 aromatic rings. The van der Waals surface area contributed by atoms with E-state index in [1.165, 1.54) is 12.3 Å². The number of amides is 2. The number of carbonyl (C=O) groups is 3. The van der Waals surface area contributed by atoms with Crippen molar-refractivity contribution < 1.29 is 28.2 Å². The highest BCUT2D eigenvalue weighted by molar-refractivity contribution is 5.95. The Morgan fingerprint density at radius 2 is 1.79 bits per heavy atom. The molecule has 3 fully saturated rings. The number of hydrogen-bond acceptors (Lipinski definition) is 7. The average Bonchev–Trinajstić information content (AvgIpc) is 3.53. The van der Waals surface area contributed by atoms with Gasteiger partial charge in [0.15, 0.2) is 5.60 Å². The van der Waals surface area contributed by atoms with Crippen LogP contribution in [0.4, 0.5) is 14.9 Å². The Balaban J connectivity index is 1.14. The zero-order valence-corrected chi connectivity index (χ0v) is 21.6. The fourth-order valence-corrected chi connectivity index (χ4v) is 6.04. The largest absolute Gasteiger partial charge is 0.449 e. The first kappa shape index (κ1) is 24.6. The molecular formula is C28H31FN4O5. The lowest BCUT2D eigenvalue weighted by Crippen LogP contribution is -2.49.